The van der Waals surface area contributed by atoms with E-state index in [1.54, 1.807) is 48.5 Å². The Morgan fingerprint density at radius 3 is 1.38 bits per heavy atom. The number of ketones is 2. The van der Waals surface area contributed by atoms with Gasteiger partial charge < -0.3 is 28.6 Å². The summed E-state index contributed by atoms with van der Waals surface area (Å²) in [6.07, 6.45) is -0.760. The van der Waals surface area contributed by atoms with Gasteiger partial charge in [0.05, 0.1) is 6.04 Å². The molecule has 232 valence electrons. The number of hydrogen-bond donors (Lipinski definition) is 3. The highest BCUT2D eigenvalue weighted by atomic mass is 28.4. The van der Waals surface area contributed by atoms with E-state index >= 15 is 0 Å². The average Bonchev–Trinajstić information content (AvgIpc) is 2.91. The number of carbonyl (C=O) groups is 3. The third-order valence-electron chi connectivity index (χ3n) is 6.62. The lowest BCUT2D eigenvalue weighted by atomic mass is 9.91. The summed E-state index contributed by atoms with van der Waals surface area (Å²) in [7, 11) is -3.01. The van der Waals surface area contributed by atoms with Crippen molar-refractivity contribution in [3.63, 3.8) is 0 Å². The maximum absolute atomic E-state index is 12.7. The highest BCUT2D eigenvalue weighted by molar-refractivity contribution is 6.60. The zero-order valence-electron chi connectivity index (χ0n) is 25.7. The summed E-state index contributed by atoms with van der Waals surface area (Å²) in [5.74, 6) is -0.918. The number of carbonyl (C=O) groups excluding carboxylic acids is 2. The standard InChI is InChI=1S/C31H45NO9Si/c1-8-39-42(40-9-2,41-10-3)21-11-20-32(29(35)36)26(22-12-16-24(17-13-22)27(33)30(4,5)37)23-14-18-25(19-15-23)28(34)31(6,7)38/h12-19,26,37-38H,8-11,20-21H2,1-7H3,(H,35,36). The molecule has 11 heteroatoms. The average molecular weight is 604 g/mol. The van der Waals surface area contributed by atoms with Crippen LogP contribution in [0.3, 0.4) is 0 Å². The smallest absolute Gasteiger partial charge is 0.465 e. The summed E-state index contributed by atoms with van der Waals surface area (Å²) >= 11 is 0. The summed E-state index contributed by atoms with van der Waals surface area (Å²) in [5, 5.41) is 30.7. The van der Waals surface area contributed by atoms with Gasteiger partial charge in [0.2, 0.25) is 0 Å². The van der Waals surface area contributed by atoms with Crippen molar-refractivity contribution < 1.29 is 43.0 Å². The maximum Gasteiger partial charge on any atom is 0.500 e. The molecule has 42 heavy (non-hydrogen) atoms. The number of rotatable bonds is 17. The van der Waals surface area contributed by atoms with Gasteiger partial charge in [-0.2, -0.15) is 0 Å². The Bertz CT molecular complexity index is 1100. The first-order valence-electron chi connectivity index (χ1n) is 14.3. The molecule has 0 atom stereocenters. The summed E-state index contributed by atoms with van der Waals surface area (Å²) in [4.78, 5) is 39.2. The van der Waals surface area contributed by atoms with Crippen LogP contribution >= 0.6 is 0 Å². The first-order valence-corrected chi connectivity index (χ1v) is 16.2. The molecule has 2 aromatic rings. The predicted octanol–water partition coefficient (Wildman–Crippen LogP) is 5.10. The SMILES string of the molecule is CCO[Si](CCCN(C(=O)O)C(c1ccc(C(=O)C(C)(C)O)cc1)c1ccc(C(=O)C(C)(C)O)cc1)(OCC)OCC. The molecule has 0 saturated heterocycles. The Balaban J connectivity index is 2.51. The number of benzene rings is 2. The van der Waals surface area contributed by atoms with Crippen LogP contribution in [0, 0.1) is 0 Å². The summed E-state index contributed by atoms with van der Waals surface area (Å²) < 4.78 is 17.8. The van der Waals surface area contributed by atoms with Crippen molar-refractivity contribution in [2.24, 2.45) is 0 Å². The van der Waals surface area contributed by atoms with Crippen molar-refractivity contribution in [1.82, 2.24) is 4.90 Å². The molecule has 0 aliphatic carbocycles. The third-order valence-corrected chi connectivity index (χ3v) is 9.77. The van der Waals surface area contributed by atoms with E-state index in [2.05, 4.69) is 0 Å². The van der Waals surface area contributed by atoms with Crippen molar-refractivity contribution in [1.29, 1.82) is 0 Å². The molecule has 0 fully saturated rings. The largest absolute Gasteiger partial charge is 0.500 e. The summed E-state index contributed by atoms with van der Waals surface area (Å²) in [6, 6.07) is 12.5. The van der Waals surface area contributed by atoms with Crippen LogP contribution in [0.2, 0.25) is 6.04 Å². The first kappa shape index (κ1) is 35.3. The van der Waals surface area contributed by atoms with Gasteiger partial charge in [-0.25, -0.2) is 4.79 Å². The molecule has 0 saturated carbocycles. The van der Waals surface area contributed by atoms with Gasteiger partial charge in [-0.15, -0.1) is 0 Å². The fraction of sp³-hybridized carbons (Fsp3) is 0.516. The zero-order valence-corrected chi connectivity index (χ0v) is 26.7. The molecule has 2 aromatic carbocycles. The monoisotopic (exact) mass is 603 g/mol. The second-order valence-corrected chi connectivity index (χ2v) is 13.7. The van der Waals surface area contributed by atoms with Gasteiger partial charge >= 0.3 is 14.9 Å². The van der Waals surface area contributed by atoms with Crippen LogP contribution in [0.1, 0.15) is 92.8 Å². The molecular weight excluding hydrogens is 558 g/mol. The Morgan fingerprint density at radius 2 is 1.10 bits per heavy atom. The van der Waals surface area contributed by atoms with Gasteiger partial charge in [0.15, 0.2) is 11.6 Å². The molecule has 0 bridgehead atoms. The van der Waals surface area contributed by atoms with Crippen LogP contribution in [0.15, 0.2) is 48.5 Å². The quantitative estimate of drug-likeness (QED) is 0.166. The second-order valence-electron chi connectivity index (χ2n) is 11.0. The first-order chi connectivity index (χ1) is 19.6. The fourth-order valence-corrected chi connectivity index (χ4v) is 7.29. The van der Waals surface area contributed by atoms with E-state index in [-0.39, 0.29) is 6.54 Å². The molecule has 0 aliphatic heterocycles. The molecule has 1 amide bonds. The minimum absolute atomic E-state index is 0.122. The van der Waals surface area contributed by atoms with Crippen LogP contribution in [0.5, 0.6) is 0 Å². The van der Waals surface area contributed by atoms with Crippen LogP contribution < -0.4 is 0 Å². The Labute approximate surface area is 249 Å². The van der Waals surface area contributed by atoms with Crippen molar-refractivity contribution in [2.45, 2.75) is 78.2 Å². The minimum atomic E-state index is -3.01. The van der Waals surface area contributed by atoms with Gasteiger partial charge in [-0.3, -0.25) is 14.5 Å². The molecule has 0 aliphatic rings. The van der Waals surface area contributed by atoms with E-state index in [1.165, 1.54) is 32.6 Å². The van der Waals surface area contributed by atoms with E-state index in [4.69, 9.17) is 13.3 Å². The normalized spacial score (nSPS) is 12.4. The van der Waals surface area contributed by atoms with E-state index in [0.717, 1.165) is 0 Å². The van der Waals surface area contributed by atoms with E-state index in [0.29, 0.717) is 54.5 Å². The highest BCUT2D eigenvalue weighted by Crippen LogP contribution is 2.32. The number of hydrogen-bond acceptors (Lipinski definition) is 8. The van der Waals surface area contributed by atoms with Crippen molar-refractivity contribution in [3.8, 4) is 0 Å². The summed E-state index contributed by atoms with van der Waals surface area (Å²) in [6.45, 7) is 12.5. The van der Waals surface area contributed by atoms with E-state index in [9.17, 15) is 29.7 Å². The topological polar surface area (TPSA) is 143 Å². The van der Waals surface area contributed by atoms with Gasteiger partial charge in [-0.1, -0.05) is 48.5 Å². The van der Waals surface area contributed by atoms with Crippen molar-refractivity contribution in [2.75, 3.05) is 26.4 Å². The molecule has 0 spiro atoms. The molecule has 2 rings (SSSR count). The van der Waals surface area contributed by atoms with Gasteiger partial charge in [0.1, 0.15) is 11.2 Å². The van der Waals surface area contributed by atoms with Crippen LogP contribution in [-0.4, -0.2) is 84.3 Å². The highest BCUT2D eigenvalue weighted by Gasteiger charge is 2.40. The fourth-order valence-electron chi connectivity index (χ4n) is 4.69. The van der Waals surface area contributed by atoms with Crippen LogP contribution in [0.4, 0.5) is 4.79 Å². The van der Waals surface area contributed by atoms with Gasteiger partial charge in [-0.05, 0) is 66.0 Å². The number of aliphatic hydroxyl groups is 2. The molecule has 3 N–H and O–H groups in total. The van der Waals surface area contributed by atoms with Gasteiger partial charge in [0, 0.05) is 43.5 Å². The van der Waals surface area contributed by atoms with E-state index < -0.39 is 43.7 Å². The van der Waals surface area contributed by atoms with Crippen LogP contribution in [0.25, 0.3) is 0 Å². The maximum atomic E-state index is 12.7. The summed E-state index contributed by atoms with van der Waals surface area (Å²) in [5.41, 5.74) is -1.36. The third kappa shape index (κ3) is 9.28. The molecule has 10 nitrogen and oxygen atoms in total. The number of carboxylic acid groups (broad SMARTS) is 1. The van der Waals surface area contributed by atoms with Crippen molar-refractivity contribution in [3.05, 3.63) is 70.8 Å². The number of Topliss-reactive ketones (excluding diaryl/α,β-unsaturated/α-hetero) is 2. The Morgan fingerprint density at radius 1 is 0.738 bits per heavy atom. The zero-order chi connectivity index (χ0) is 31.7. The number of amides is 1. The minimum Gasteiger partial charge on any atom is -0.465 e. The molecule has 0 aromatic heterocycles. The molecule has 0 unspecified atom stereocenters. The second kappa shape index (κ2) is 15.0. The number of nitrogens with zero attached hydrogens (tertiary/aromatic N) is 1. The van der Waals surface area contributed by atoms with E-state index in [1.807, 2.05) is 20.8 Å². The molecule has 0 radical (unpaired) electrons. The molecule has 0 heterocycles. The Kier molecular flexibility index (Phi) is 12.6. The van der Waals surface area contributed by atoms with Crippen LogP contribution in [-0.2, 0) is 13.3 Å². The van der Waals surface area contributed by atoms with Gasteiger partial charge in [0.25, 0.3) is 0 Å². The lowest BCUT2D eigenvalue weighted by Crippen LogP contribution is -2.46. The lowest BCUT2D eigenvalue weighted by molar-refractivity contribution is 0.0487. The van der Waals surface area contributed by atoms with Crippen molar-refractivity contribution >= 4 is 26.5 Å². The lowest BCUT2D eigenvalue weighted by Gasteiger charge is -2.32. The molecular formula is C31H45NO9Si. The predicted molar refractivity (Wildman–Crippen MR) is 161 cm³/mol. The Hall–Kier alpha value is -2.93.